The number of nitrogens with one attached hydrogen (secondary N) is 1. The number of aryl methyl sites for hydroxylation is 1. The predicted molar refractivity (Wildman–Crippen MR) is 88.0 cm³/mol. The first-order chi connectivity index (χ1) is 12.5. The summed E-state index contributed by atoms with van der Waals surface area (Å²) in [5.74, 6) is -1.24. The normalized spacial score (nSPS) is 10.7. The molecule has 0 aliphatic heterocycles. The molecule has 0 fully saturated rings. The molecule has 0 spiro atoms. The molecule has 26 heavy (non-hydrogen) atoms. The number of anilines is 1. The van der Waals surface area contributed by atoms with Gasteiger partial charge in [0.15, 0.2) is 0 Å². The highest BCUT2D eigenvalue weighted by molar-refractivity contribution is 6.04. The fourth-order valence-electron chi connectivity index (χ4n) is 2.26. The second-order valence-electron chi connectivity index (χ2n) is 5.29. The van der Waals surface area contributed by atoms with Gasteiger partial charge in [-0.2, -0.15) is 5.10 Å². The summed E-state index contributed by atoms with van der Waals surface area (Å²) in [6.07, 6.45) is 2.50. The summed E-state index contributed by atoms with van der Waals surface area (Å²) in [7, 11) is 0. The fraction of sp³-hybridized carbons (Fsp3) is 0.200. The first-order valence-electron chi connectivity index (χ1n) is 7.64. The summed E-state index contributed by atoms with van der Waals surface area (Å²) in [6, 6.07) is 6.21. The van der Waals surface area contributed by atoms with Crippen LogP contribution in [0.4, 0.5) is 16.0 Å². The van der Waals surface area contributed by atoms with Crippen molar-refractivity contribution in [3.63, 3.8) is 0 Å². The number of rotatable bonds is 6. The molecule has 3 aromatic rings. The number of benzene rings is 1. The third kappa shape index (κ3) is 3.55. The lowest BCUT2D eigenvalue weighted by molar-refractivity contribution is -0.385. The van der Waals surface area contributed by atoms with E-state index in [9.17, 15) is 19.3 Å². The van der Waals surface area contributed by atoms with Crippen LogP contribution >= 0.6 is 0 Å². The van der Waals surface area contributed by atoms with Crippen molar-refractivity contribution in [3.8, 4) is 0 Å². The van der Waals surface area contributed by atoms with Crippen LogP contribution in [0.15, 0.2) is 36.8 Å². The van der Waals surface area contributed by atoms with Gasteiger partial charge in [-0.15, -0.1) is 5.10 Å². The minimum Gasteiger partial charge on any atom is -0.287 e. The standard InChI is InChI=1S/C15H14FN7O3/c1-2-21-8-12(23(25)26)13(19-21)14(24)18-15-17-9-22(20-15)7-10-5-3-4-6-11(10)16/h3-6,8-9H,2,7H2,1H3,(H,18,20,24). The van der Waals surface area contributed by atoms with E-state index in [0.29, 0.717) is 12.1 Å². The Kier molecular flexibility index (Phi) is 4.69. The Morgan fingerprint density at radius 2 is 2.08 bits per heavy atom. The van der Waals surface area contributed by atoms with Crippen molar-refractivity contribution in [3.05, 3.63) is 64.0 Å². The van der Waals surface area contributed by atoms with Crippen molar-refractivity contribution in [2.45, 2.75) is 20.0 Å². The molecule has 0 bridgehead atoms. The molecule has 11 heteroatoms. The van der Waals surface area contributed by atoms with Crippen molar-refractivity contribution in [2.24, 2.45) is 0 Å². The second-order valence-corrected chi connectivity index (χ2v) is 5.29. The number of carbonyl (C=O) groups is 1. The number of aromatic nitrogens is 5. The molecule has 1 N–H and O–H groups in total. The van der Waals surface area contributed by atoms with Gasteiger partial charge >= 0.3 is 5.69 Å². The topological polar surface area (TPSA) is 121 Å². The molecule has 0 unspecified atom stereocenters. The largest absolute Gasteiger partial charge is 0.320 e. The zero-order chi connectivity index (χ0) is 18.7. The van der Waals surface area contributed by atoms with Gasteiger partial charge in [-0.25, -0.2) is 14.1 Å². The van der Waals surface area contributed by atoms with Crippen LogP contribution in [0.25, 0.3) is 0 Å². The summed E-state index contributed by atoms with van der Waals surface area (Å²) in [5.41, 5.74) is -0.329. The molecule has 134 valence electrons. The summed E-state index contributed by atoms with van der Waals surface area (Å²) in [5, 5.41) is 21.3. The van der Waals surface area contributed by atoms with E-state index in [0.717, 1.165) is 0 Å². The zero-order valence-electron chi connectivity index (χ0n) is 13.7. The van der Waals surface area contributed by atoms with Crippen molar-refractivity contribution < 1.29 is 14.1 Å². The number of hydrogen-bond acceptors (Lipinski definition) is 6. The molecule has 1 amide bonds. The summed E-state index contributed by atoms with van der Waals surface area (Å²) in [6.45, 7) is 2.24. The van der Waals surface area contributed by atoms with Crippen LogP contribution in [0.3, 0.4) is 0 Å². The highest BCUT2D eigenvalue weighted by Crippen LogP contribution is 2.17. The van der Waals surface area contributed by atoms with E-state index in [-0.39, 0.29) is 24.0 Å². The van der Waals surface area contributed by atoms with E-state index in [1.165, 1.54) is 28.0 Å². The van der Waals surface area contributed by atoms with Crippen molar-refractivity contribution in [1.82, 2.24) is 24.5 Å². The Morgan fingerprint density at radius 3 is 2.77 bits per heavy atom. The molecule has 1 aromatic carbocycles. The summed E-state index contributed by atoms with van der Waals surface area (Å²) >= 11 is 0. The van der Waals surface area contributed by atoms with Crippen LogP contribution in [0.1, 0.15) is 23.0 Å². The van der Waals surface area contributed by atoms with E-state index in [1.807, 2.05) is 0 Å². The molecular formula is C15H14FN7O3. The monoisotopic (exact) mass is 359 g/mol. The van der Waals surface area contributed by atoms with Crippen LogP contribution in [0.5, 0.6) is 0 Å². The smallest absolute Gasteiger partial charge is 0.287 e. The number of nitro groups is 1. The van der Waals surface area contributed by atoms with E-state index in [2.05, 4.69) is 20.5 Å². The molecule has 0 aliphatic carbocycles. The molecule has 0 aliphatic rings. The first-order valence-corrected chi connectivity index (χ1v) is 7.64. The van der Waals surface area contributed by atoms with E-state index < -0.39 is 16.5 Å². The summed E-state index contributed by atoms with van der Waals surface area (Å²) < 4.78 is 16.3. The molecule has 2 heterocycles. The second kappa shape index (κ2) is 7.09. The molecule has 0 atom stereocenters. The Labute approximate surface area is 146 Å². The number of halogens is 1. The van der Waals surface area contributed by atoms with Gasteiger partial charge in [0.2, 0.25) is 11.6 Å². The highest BCUT2D eigenvalue weighted by atomic mass is 19.1. The third-order valence-corrected chi connectivity index (χ3v) is 3.53. The lowest BCUT2D eigenvalue weighted by Gasteiger charge is -2.02. The lowest BCUT2D eigenvalue weighted by atomic mass is 10.2. The molecule has 2 aromatic heterocycles. The van der Waals surface area contributed by atoms with Crippen molar-refractivity contribution >= 4 is 17.5 Å². The number of carbonyl (C=O) groups excluding carboxylic acids is 1. The SMILES string of the molecule is CCn1cc([N+](=O)[O-])c(C(=O)Nc2ncn(Cc3ccccc3F)n2)n1. The van der Waals surface area contributed by atoms with Gasteiger partial charge in [0, 0.05) is 12.1 Å². The Morgan fingerprint density at radius 1 is 1.31 bits per heavy atom. The van der Waals surface area contributed by atoms with E-state index in [4.69, 9.17) is 0 Å². The molecular weight excluding hydrogens is 345 g/mol. The maximum absolute atomic E-state index is 13.7. The maximum atomic E-state index is 13.7. The minimum atomic E-state index is -0.799. The Balaban J connectivity index is 1.75. The number of amides is 1. The van der Waals surface area contributed by atoms with Crippen molar-refractivity contribution in [2.75, 3.05) is 5.32 Å². The minimum absolute atomic E-state index is 0.0633. The van der Waals surface area contributed by atoms with Gasteiger partial charge < -0.3 is 0 Å². The lowest BCUT2D eigenvalue weighted by Crippen LogP contribution is -2.16. The van der Waals surface area contributed by atoms with Gasteiger partial charge in [0.05, 0.1) is 11.5 Å². The van der Waals surface area contributed by atoms with Crippen LogP contribution in [-0.2, 0) is 13.1 Å². The fourth-order valence-corrected chi connectivity index (χ4v) is 2.26. The number of nitrogens with zero attached hydrogens (tertiary/aromatic N) is 6. The van der Waals surface area contributed by atoms with Crippen LogP contribution < -0.4 is 5.32 Å². The molecule has 10 nitrogen and oxygen atoms in total. The maximum Gasteiger partial charge on any atom is 0.320 e. The predicted octanol–water partition coefficient (Wildman–Crippen LogP) is 1.84. The quantitative estimate of drug-likeness (QED) is 0.529. The Hall–Kier alpha value is -3.63. The van der Waals surface area contributed by atoms with Crippen LogP contribution in [0, 0.1) is 15.9 Å². The van der Waals surface area contributed by atoms with Crippen molar-refractivity contribution in [1.29, 1.82) is 0 Å². The Bertz CT molecular complexity index is 966. The average Bonchev–Trinajstić information content (AvgIpc) is 3.23. The van der Waals surface area contributed by atoms with Crippen LogP contribution in [-0.4, -0.2) is 35.4 Å². The van der Waals surface area contributed by atoms with Gasteiger partial charge in [-0.05, 0) is 13.0 Å². The van der Waals surface area contributed by atoms with E-state index in [1.54, 1.807) is 25.1 Å². The zero-order valence-corrected chi connectivity index (χ0v) is 13.7. The van der Waals surface area contributed by atoms with Crippen LogP contribution in [0.2, 0.25) is 0 Å². The summed E-state index contributed by atoms with van der Waals surface area (Å²) in [4.78, 5) is 26.5. The highest BCUT2D eigenvalue weighted by Gasteiger charge is 2.26. The van der Waals surface area contributed by atoms with Gasteiger partial charge in [-0.1, -0.05) is 18.2 Å². The molecule has 0 radical (unpaired) electrons. The molecule has 0 saturated carbocycles. The molecule has 3 rings (SSSR count). The van der Waals surface area contributed by atoms with E-state index >= 15 is 0 Å². The molecule has 0 saturated heterocycles. The first kappa shape index (κ1) is 17.2. The average molecular weight is 359 g/mol. The van der Waals surface area contributed by atoms with Gasteiger partial charge in [-0.3, -0.25) is 24.9 Å². The number of hydrogen-bond donors (Lipinski definition) is 1. The van der Waals surface area contributed by atoms with Gasteiger partial charge in [0.1, 0.15) is 18.3 Å². The van der Waals surface area contributed by atoms with Gasteiger partial charge in [0.25, 0.3) is 5.91 Å². The third-order valence-electron chi connectivity index (χ3n) is 3.53.